The summed E-state index contributed by atoms with van der Waals surface area (Å²) >= 11 is 0. The van der Waals surface area contributed by atoms with Crippen LogP contribution in [-0.4, -0.2) is 46.1 Å². The van der Waals surface area contributed by atoms with Crippen LogP contribution in [0.1, 0.15) is 20.7 Å². The molecule has 1 aliphatic heterocycles. The van der Waals surface area contributed by atoms with Crippen LogP contribution in [0.15, 0.2) is 28.6 Å². The molecule has 0 unspecified atom stereocenters. The minimum atomic E-state index is -2.45. The van der Waals surface area contributed by atoms with Gasteiger partial charge in [-0.05, 0) is 12.1 Å². The maximum Gasteiger partial charge on any atom is 0.355 e. The van der Waals surface area contributed by atoms with E-state index in [-0.39, 0.29) is 11.1 Å². The maximum absolute atomic E-state index is 11.9. The largest absolute Gasteiger partial charge is 0.355 e. The average Bonchev–Trinajstić information content (AvgIpc) is 2.62. The van der Waals surface area contributed by atoms with E-state index in [0.29, 0.717) is 5.06 Å². The topological polar surface area (TPSA) is 93.1 Å². The minimum absolute atomic E-state index is 0.178. The Balaban J connectivity index is 2.13. The standard InChI is InChI=1S/C12H12N2O5S/c1-20(2,18)13-7-10(15)19-14-11(16)8-5-3-4-6-9(8)12(14)17/h3-6H,7H2,1-2H3. The average molecular weight is 296 g/mol. The van der Waals surface area contributed by atoms with Gasteiger partial charge in [-0.3, -0.25) is 13.8 Å². The van der Waals surface area contributed by atoms with Crippen LogP contribution in [0.5, 0.6) is 0 Å². The van der Waals surface area contributed by atoms with E-state index in [9.17, 15) is 18.6 Å². The van der Waals surface area contributed by atoms with Gasteiger partial charge in [0.1, 0.15) is 6.54 Å². The van der Waals surface area contributed by atoms with Gasteiger partial charge in [0.25, 0.3) is 11.8 Å². The van der Waals surface area contributed by atoms with Gasteiger partial charge in [0.05, 0.1) is 11.1 Å². The summed E-state index contributed by atoms with van der Waals surface area (Å²) in [5.41, 5.74) is 0.356. The van der Waals surface area contributed by atoms with Crippen LogP contribution in [0.3, 0.4) is 0 Å². The van der Waals surface area contributed by atoms with Gasteiger partial charge in [-0.1, -0.05) is 17.2 Å². The molecule has 106 valence electrons. The lowest BCUT2D eigenvalue weighted by Crippen LogP contribution is -2.33. The monoisotopic (exact) mass is 296 g/mol. The number of hydroxylamine groups is 2. The molecule has 0 N–H and O–H groups in total. The highest BCUT2D eigenvalue weighted by Gasteiger charge is 2.38. The molecule has 0 saturated heterocycles. The molecule has 1 aliphatic rings. The maximum atomic E-state index is 11.9. The number of carbonyl (C=O) groups excluding carboxylic acids is 3. The van der Waals surface area contributed by atoms with Gasteiger partial charge in [-0.15, -0.1) is 0 Å². The molecular formula is C12H12N2O5S. The van der Waals surface area contributed by atoms with Crippen LogP contribution in [-0.2, 0) is 19.4 Å². The number of hydrogen-bond acceptors (Lipinski definition) is 6. The number of nitrogens with zero attached hydrogens (tertiary/aromatic N) is 2. The van der Waals surface area contributed by atoms with Crippen molar-refractivity contribution in [2.24, 2.45) is 4.36 Å². The number of hydrogen-bond donors (Lipinski definition) is 0. The summed E-state index contributed by atoms with van der Waals surface area (Å²) in [5.74, 6) is -2.32. The van der Waals surface area contributed by atoms with Crippen LogP contribution in [0.4, 0.5) is 0 Å². The van der Waals surface area contributed by atoms with Crippen LogP contribution in [0, 0.1) is 0 Å². The van der Waals surface area contributed by atoms with Crippen molar-refractivity contribution in [2.75, 3.05) is 19.1 Å². The highest BCUT2D eigenvalue weighted by molar-refractivity contribution is 7.92. The lowest BCUT2D eigenvalue weighted by atomic mass is 10.1. The fourth-order valence-electron chi connectivity index (χ4n) is 1.59. The molecule has 0 fully saturated rings. The van der Waals surface area contributed by atoms with E-state index < -0.39 is 34.1 Å². The second-order valence-corrected chi connectivity index (χ2v) is 7.00. The first-order valence-electron chi connectivity index (χ1n) is 5.61. The van der Waals surface area contributed by atoms with Crippen LogP contribution >= 0.6 is 0 Å². The Labute approximate surface area is 115 Å². The van der Waals surface area contributed by atoms with Crippen molar-refractivity contribution in [1.29, 1.82) is 0 Å². The first-order valence-corrected chi connectivity index (χ1v) is 7.94. The van der Waals surface area contributed by atoms with E-state index in [1.54, 1.807) is 12.1 Å². The van der Waals surface area contributed by atoms with Crippen molar-refractivity contribution >= 4 is 27.5 Å². The molecule has 8 heteroatoms. The summed E-state index contributed by atoms with van der Waals surface area (Å²) < 4.78 is 14.9. The lowest BCUT2D eigenvalue weighted by Gasteiger charge is -2.11. The highest BCUT2D eigenvalue weighted by atomic mass is 32.2. The highest BCUT2D eigenvalue weighted by Crippen LogP contribution is 2.22. The second kappa shape index (κ2) is 5.04. The predicted octanol–water partition coefficient (Wildman–Crippen LogP) is 0.468. The van der Waals surface area contributed by atoms with Gasteiger partial charge < -0.3 is 4.84 Å². The third-order valence-corrected chi connectivity index (χ3v) is 3.21. The number of rotatable bonds is 3. The molecule has 2 amide bonds. The van der Waals surface area contributed by atoms with Crippen molar-refractivity contribution in [3.63, 3.8) is 0 Å². The Kier molecular flexibility index (Phi) is 3.58. The molecule has 7 nitrogen and oxygen atoms in total. The molecular weight excluding hydrogens is 284 g/mol. The van der Waals surface area contributed by atoms with Gasteiger partial charge >= 0.3 is 5.97 Å². The third kappa shape index (κ3) is 2.85. The number of amides is 2. The van der Waals surface area contributed by atoms with Crippen molar-refractivity contribution < 1.29 is 23.4 Å². The minimum Gasteiger partial charge on any atom is -0.328 e. The Morgan fingerprint density at radius 3 is 2.15 bits per heavy atom. The number of fused-ring (bicyclic) bond motifs is 1. The van der Waals surface area contributed by atoms with E-state index in [1.807, 2.05) is 0 Å². The summed E-state index contributed by atoms with van der Waals surface area (Å²) in [6.07, 6.45) is 2.73. The molecule has 1 heterocycles. The summed E-state index contributed by atoms with van der Waals surface area (Å²) in [5, 5.41) is 0.398. The Morgan fingerprint density at radius 2 is 1.70 bits per heavy atom. The Morgan fingerprint density at radius 1 is 1.20 bits per heavy atom. The lowest BCUT2D eigenvalue weighted by molar-refractivity contribution is -0.166. The molecule has 2 rings (SSSR count). The first kappa shape index (κ1) is 14.2. The molecule has 0 radical (unpaired) electrons. The molecule has 0 aromatic heterocycles. The smallest absolute Gasteiger partial charge is 0.328 e. The van der Waals surface area contributed by atoms with Crippen molar-refractivity contribution in [2.45, 2.75) is 0 Å². The van der Waals surface area contributed by atoms with E-state index in [0.717, 1.165) is 0 Å². The van der Waals surface area contributed by atoms with Crippen molar-refractivity contribution in [1.82, 2.24) is 5.06 Å². The number of imide groups is 1. The first-order chi connectivity index (χ1) is 9.29. The summed E-state index contributed by atoms with van der Waals surface area (Å²) in [7, 11) is -2.45. The zero-order valence-electron chi connectivity index (χ0n) is 10.9. The van der Waals surface area contributed by atoms with Gasteiger partial charge in [0, 0.05) is 22.2 Å². The number of benzene rings is 1. The molecule has 0 bridgehead atoms. The Hall–Kier alpha value is -2.22. The summed E-state index contributed by atoms with van der Waals surface area (Å²) in [6.45, 7) is -0.487. The normalized spacial score (nSPS) is 14.2. The van der Waals surface area contributed by atoms with E-state index in [1.165, 1.54) is 24.6 Å². The van der Waals surface area contributed by atoms with Crippen LogP contribution in [0.25, 0.3) is 0 Å². The summed E-state index contributed by atoms with van der Waals surface area (Å²) in [4.78, 5) is 40.0. The molecule has 20 heavy (non-hydrogen) atoms. The van der Waals surface area contributed by atoms with Gasteiger partial charge in [-0.25, -0.2) is 9.16 Å². The summed E-state index contributed by atoms with van der Waals surface area (Å²) in [6, 6.07) is 6.15. The SMILES string of the molecule is CS(C)(=O)=NCC(=O)ON1C(=O)c2ccccc2C1=O. The van der Waals surface area contributed by atoms with E-state index in [2.05, 4.69) is 9.20 Å². The van der Waals surface area contributed by atoms with E-state index in [4.69, 9.17) is 0 Å². The molecule has 1 aromatic rings. The van der Waals surface area contributed by atoms with Gasteiger partial charge in [0.2, 0.25) is 0 Å². The zero-order valence-corrected chi connectivity index (χ0v) is 11.7. The predicted molar refractivity (Wildman–Crippen MR) is 70.3 cm³/mol. The molecule has 1 aromatic carbocycles. The van der Waals surface area contributed by atoms with Crippen molar-refractivity contribution in [3.05, 3.63) is 35.4 Å². The van der Waals surface area contributed by atoms with Gasteiger partial charge in [0.15, 0.2) is 0 Å². The fourth-order valence-corrected chi connectivity index (χ4v) is 2.01. The molecule has 0 atom stereocenters. The van der Waals surface area contributed by atoms with Crippen LogP contribution in [0.2, 0.25) is 0 Å². The Bertz CT molecular complexity index is 675. The van der Waals surface area contributed by atoms with E-state index >= 15 is 0 Å². The third-order valence-electron chi connectivity index (χ3n) is 2.45. The van der Waals surface area contributed by atoms with Crippen molar-refractivity contribution in [3.8, 4) is 0 Å². The zero-order chi connectivity index (χ0) is 14.9. The second-order valence-electron chi connectivity index (χ2n) is 4.38. The van der Waals surface area contributed by atoms with Crippen LogP contribution < -0.4 is 0 Å². The number of carbonyl (C=O) groups is 3. The molecule has 0 saturated carbocycles. The quantitative estimate of drug-likeness (QED) is 0.756. The molecule has 0 aliphatic carbocycles. The van der Waals surface area contributed by atoms with Gasteiger partial charge in [-0.2, -0.15) is 0 Å². The molecule has 0 spiro atoms. The fraction of sp³-hybridized carbons (Fsp3) is 0.250.